The first-order valence-electron chi connectivity index (χ1n) is 10.4. The molecule has 0 saturated carbocycles. The smallest absolute Gasteiger partial charge is 0.383 e. The fourth-order valence-electron chi connectivity index (χ4n) is 3.44. The Hall–Kier alpha value is -4.48. The van der Waals surface area contributed by atoms with Crippen molar-refractivity contribution in [2.45, 2.75) is 26.2 Å². The van der Waals surface area contributed by atoms with Crippen LogP contribution < -0.4 is 11.1 Å². The van der Waals surface area contributed by atoms with Gasteiger partial charge in [0.15, 0.2) is 0 Å². The molecule has 2 amide bonds. The fraction of sp³-hybridized carbons (Fsp3) is 0.174. The summed E-state index contributed by atoms with van der Waals surface area (Å²) in [5.41, 5.74) is 7.33. The lowest BCUT2D eigenvalue weighted by Gasteiger charge is -2.23. The second kappa shape index (κ2) is 9.41. The topological polar surface area (TPSA) is 130 Å². The third-order valence-electron chi connectivity index (χ3n) is 5.37. The predicted molar refractivity (Wildman–Crippen MR) is 122 cm³/mol. The predicted octanol–water partition coefficient (Wildman–Crippen LogP) is 3.43. The molecule has 0 unspecified atom stereocenters. The number of nitrogens with one attached hydrogen (secondary N) is 2. The van der Waals surface area contributed by atoms with Gasteiger partial charge in [0.25, 0.3) is 0 Å². The van der Waals surface area contributed by atoms with Crippen molar-refractivity contribution in [3.05, 3.63) is 77.4 Å². The quantitative estimate of drug-likeness (QED) is 0.373. The maximum atomic E-state index is 13.2. The number of benzene rings is 1. The van der Waals surface area contributed by atoms with Gasteiger partial charge in [0.2, 0.25) is 0 Å². The average molecular weight is 483 g/mol. The number of fused-ring (bicyclic) bond motifs is 1. The summed E-state index contributed by atoms with van der Waals surface area (Å²) in [7, 11) is 0. The highest BCUT2D eigenvalue weighted by molar-refractivity contribution is 6.40. The average Bonchev–Trinajstić information content (AvgIpc) is 3.32. The van der Waals surface area contributed by atoms with Crippen molar-refractivity contribution in [3.8, 4) is 0 Å². The van der Waals surface area contributed by atoms with E-state index in [1.165, 1.54) is 23.4 Å². The van der Waals surface area contributed by atoms with Crippen LogP contribution in [0, 0.1) is 6.92 Å². The molecular weight excluding hydrogens is 463 g/mol. The Balaban J connectivity index is 1.59. The molecule has 9 nitrogen and oxygen atoms in total. The molecular formula is C23H20F3N7O2. The summed E-state index contributed by atoms with van der Waals surface area (Å²) in [5.74, 6) is -1.67. The van der Waals surface area contributed by atoms with Gasteiger partial charge in [-0.1, -0.05) is 24.3 Å². The Kier molecular flexibility index (Phi) is 6.36. The summed E-state index contributed by atoms with van der Waals surface area (Å²) in [6, 6.07) is 9.33. The number of pyridine rings is 2. The highest BCUT2D eigenvalue weighted by Gasteiger charge is 2.31. The van der Waals surface area contributed by atoms with E-state index >= 15 is 0 Å². The fourth-order valence-corrected chi connectivity index (χ4v) is 3.44. The number of hydrogen-bond acceptors (Lipinski definition) is 6. The number of H-pyrrole nitrogens is 1. The highest BCUT2D eigenvalue weighted by atomic mass is 19.4. The van der Waals surface area contributed by atoms with Gasteiger partial charge in [0.1, 0.15) is 5.82 Å². The summed E-state index contributed by atoms with van der Waals surface area (Å²) in [6.07, 6.45) is -1.10. The van der Waals surface area contributed by atoms with E-state index in [2.05, 4.69) is 25.5 Å². The molecule has 0 fully saturated rings. The number of nitrogen functional groups attached to an aromatic ring is 1. The van der Waals surface area contributed by atoms with Crippen LogP contribution in [0.1, 0.15) is 22.4 Å². The number of halogens is 3. The Labute approximate surface area is 197 Å². The molecule has 1 aromatic carbocycles. The van der Waals surface area contributed by atoms with Gasteiger partial charge in [0, 0.05) is 12.7 Å². The first-order valence-corrected chi connectivity index (χ1v) is 10.4. The molecule has 0 saturated heterocycles. The van der Waals surface area contributed by atoms with Crippen molar-refractivity contribution in [1.29, 1.82) is 0 Å². The number of alkyl halides is 3. The normalized spacial score (nSPS) is 11.4. The van der Waals surface area contributed by atoms with Crippen LogP contribution in [-0.4, -0.2) is 36.9 Å². The van der Waals surface area contributed by atoms with E-state index in [9.17, 15) is 22.8 Å². The molecule has 0 spiro atoms. The van der Waals surface area contributed by atoms with E-state index in [0.29, 0.717) is 17.1 Å². The number of nitrogens with two attached hydrogens (primary N) is 1. The van der Waals surface area contributed by atoms with Gasteiger partial charge in [-0.05, 0) is 30.2 Å². The zero-order valence-corrected chi connectivity index (χ0v) is 18.4. The monoisotopic (exact) mass is 483 g/mol. The van der Waals surface area contributed by atoms with Crippen LogP contribution in [0.5, 0.6) is 0 Å². The van der Waals surface area contributed by atoms with Crippen LogP contribution in [0.25, 0.3) is 10.9 Å². The second-order valence-electron chi connectivity index (χ2n) is 7.79. The molecule has 0 radical (unpaired) electrons. The molecule has 0 aliphatic heterocycles. The first kappa shape index (κ1) is 23.7. The van der Waals surface area contributed by atoms with Crippen LogP contribution in [-0.2, 0) is 28.9 Å². The number of carbonyl (C=O) groups is 2. The van der Waals surface area contributed by atoms with Gasteiger partial charge >= 0.3 is 18.0 Å². The van der Waals surface area contributed by atoms with Crippen molar-refractivity contribution < 1.29 is 22.8 Å². The Morgan fingerprint density at radius 3 is 2.51 bits per heavy atom. The second-order valence-corrected chi connectivity index (χ2v) is 7.79. The number of amides is 2. The minimum absolute atomic E-state index is 0.0427. The van der Waals surface area contributed by atoms with Gasteiger partial charge < -0.3 is 16.0 Å². The van der Waals surface area contributed by atoms with Crippen LogP contribution in [0.2, 0.25) is 0 Å². The van der Waals surface area contributed by atoms with E-state index in [1.54, 1.807) is 12.1 Å². The Morgan fingerprint density at radius 1 is 1.06 bits per heavy atom. The lowest BCUT2D eigenvalue weighted by atomic mass is 10.1. The highest BCUT2D eigenvalue weighted by Crippen LogP contribution is 2.28. The number of nitrogens with zero attached hydrogens (tertiary/aromatic N) is 4. The molecule has 3 heterocycles. The molecule has 0 aliphatic carbocycles. The zero-order chi connectivity index (χ0) is 25.2. The lowest BCUT2D eigenvalue weighted by molar-refractivity contribution is -0.144. The number of carbonyl (C=O) groups excluding carboxylic acids is 2. The number of rotatable bonds is 5. The van der Waals surface area contributed by atoms with Gasteiger partial charge in [-0.15, -0.1) is 0 Å². The lowest BCUT2D eigenvalue weighted by Crippen LogP contribution is -2.39. The van der Waals surface area contributed by atoms with E-state index in [4.69, 9.17) is 5.73 Å². The SMILES string of the molecule is Cc1ccccc1CN(Cc1ccc(C(F)(F)F)cn1)C(=O)C(=O)Nc1cnc(N)c2cn[nH]c12. The minimum atomic E-state index is -4.53. The van der Waals surface area contributed by atoms with Crippen molar-refractivity contribution in [3.63, 3.8) is 0 Å². The number of anilines is 2. The van der Waals surface area contributed by atoms with Crippen LogP contribution >= 0.6 is 0 Å². The molecule has 3 aromatic heterocycles. The Bertz CT molecular complexity index is 1380. The van der Waals surface area contributed by atoms with Crippen molar-refractivity contribution in [2.24, 2.45) is 0 Å². The third kappa shape index (κ3) is 5.21. The Morgan fingerprint density at radius 2 is 1.83 bits per heavy atom. The van der Waals surface area contributed by atoms with E-state index in [-0.39, 0.29) is 30.3 Å². The summed E-state index contributed by atoms with van der Waals surface area (Å²) >= 11 is 0. The summed E-state index contributed by atoms with van der Waals surface area (Å²) in [5, 5.41) is 9.55. The van der Waals surface area contributed by atoms with Gasteiger partial charge in [-0.3, -0.25) is 19.7 Å². The molecule has 0 bridgehead atoms. The molecule has 12 heteroatoms. The van der Waals surface area contributed by atoms with Crippen molar-refractivity contribution in [1.82, 2.24) is 25.1 Å². The molecule has 4 rings (SSSR count). The molecule has 4 aromatic rings. The van der Waals surface area contributed by atoms with Crippen LogP contribution in [0.3, 0.4) is 0 Å². The third-order valence-corrected chi connectivity index (χ3v) is 5.37. The number of hydrogen-bond donors (Lipinski definition) is 3. The molecule has 0 atom stereocenters. The largest absolute Gasteiger partial charge is 0.417 e. The number of aromatic nitrogens is 4. The van der Waals surface area contributed by atoms with E-state index in [0.717, 1.165) is 17.2 Å². The summed E-state index contributed by atoms with van der Waals surface area (Å²) in [6.45, 7) is 1.71. The van der Waals surface area contributed by atoms with E-state index < -0.39 is 23.6 Å². The van der Waals surface area contributed by atoms with Gasteiger partial charge in [0.05, 0.1) is 46.8 Å². The summed E-state index contributed by atoms with van der Waals surface area (Å²) < 4.78 is 38.7. The standard InChI is InChI=1S/C23H20F3N7O2/c1-13-4-2-3-5-14(13)11-33(12-16-7-6-15(8-28-16)23(24,25)26)22(35)21(34)31-18-10-29-20(27)17-9-30-32-19(17)18/h2-10H,11-12H2,1H3,(H2,27,29)(H,30,32)(H,31,34). The maximum absolute atomic E-state index is 13.2. The summed E-state index contributed by atoms with van der Waals surface area (Å²) in [4.78, 5) is 35.1. The molecule has 4 N–H and O–H groups in total. The van der Waals surface area contributed by atoms with E-state index in [1.807, 2.05) is 19.1 Å². The van der Waals surface area contributed by atoms with Crippen molar-refractivity contribution >= 4 is 34.2 Å². The number of aryl methyl sites for hydroxylation is 1. The maximum Gasteiger partial charge on any atom is 0.417 e. The van der Waals surface area contributed by atoms with Crippen LogP contribution in [0.15, 0.2) is 55.0 Å². The van der Waals surface area contributed by atoms with Crippen LogP contribution in [0.4, 0.5) is 24.7 Å². The first-order chi connectivity index (χ1) is 16.6. The molecule has 0 aliphatic rings. The molecule has 35 heavy (non-hydrogen) atoms. The van der Waals surface area contributed by atoms with Gasteiger partial charge in [-0.25, -0.2) is 4.98 Å². The van der Waals surface area contributed by atoms with Gasteiger partial charge in [-0.2, -0.15) is 18.3 Å². The molecule has 180 valence electrons. The minimum Gasteiger partial charge on any atom is -0.383 e. The van der Waals surface area contributed by atoms with Crippen molar-refractivity contribution in [2.75, 3.05) is 11.1 Å². The zero-order valence-electron chi connectivity index (χ0n) is 18.4. The number of aromatic amines is 1.